The summed E-state index contributed by atoms with van der Waals surface area (Å²) in [5.74, 6) is 0.237. The molecule has 0 aromatic carbocycles. The van der Waals surface area contributed by atoms with E-state index in [0.29, 0.717) is 19.5 Å². The number of carbonyl (C=O) groups is 1. The Morgan fingerprint density at radius 2 is 2.14 bits per heavy atom. The number of amides is 1. The average molecular weight is 200 g/mol. The maximum atomic E-state index is 11.5. The van der Waals surface area contributed by atoms with Crippen molar-refractivity contribution in [3.05, 3.63) is 0 Å². The summed E-state index contributed by atoms with van der Waals surface area (Å²) >= 11 is 0. The number of hydrogen-bond donors (Lipinski definition) is 2. The molecule has 0 radical (unpaired) electrons. The molecule has 0 bridgehead atoms. The molecule has 1 atom stereocenters. The van der Waals surface area contributed by atoms with Crippen LogP contribution in [0.25, 0.3) is 0 Å². The minimum Gasteiger partial charge on any atom is -0.392 e. The molecule has 1 rings (SSSR count). The number of nitrogens with one attached hydrogen (secondary N) is 1. The molecule has 1 fully saturated rings. The third kappa shape index (κ3) is 4.07. The van der Waals surface area contributed by atoms with Crippen molar-refractivity contribution in [1.29, 1.82) is 0 Å². The summed E-state index contributed by atoms with van der Waals surface area (Å²) in [6.45, 7) is 4.81. The minimum atomic E-state index is -0.336. The summed E-state index contributed by atoms with van der Waals surface area (Å²) in [7, 11) is 0. The van der Waals surface area contributed by atoms with Crippen molar-refractivity contribution >= 4 is 5.91 Å². The Morgan fingerprint density at radius 1 is 1.50 bits per heavy atom. The number of hydrogen-bond acceptors (Lipinski definition) is 3. The molecule has 0 unspecified atom stereocenters. The van der Waals surface area contributed by atoms with E-state index in [1.807, 2.05) is 4.90 Å². The molecule has 2 N–H and O–H groups in total. The molecule has 1 aliphatic heterocycles. The lowest BCUT2D eigenvalue weighted by molar-refractivity contribution is -0.130. The van der Waals surface area contributed by atoms with Gasteiger partial charge < -0.3 is 15.3 Å². The molecule has 1 amide bonds. The number of carbonyl (C=O) groups excluding carboxylic acids is 1. The lowest BCUT2D eigenvalue weighted by Gasteiger charge is -2.15. The topological polar surface area (TPSA) is 52.6 Å². The van der Waals surface area contributed by atoms with Gasteiger partial charge in [0.15, 0.2) is 0 Å². The first kappa shape index (κ1) is 11.5. The summed E-state index contributed by atoms with van der Waals surface area (Å²) in [4.78, 5) is 13.4. The highest BCUT2D eigenvalue weighted by atomic mass is 16.3. The molecule has 82 valence electrons. The SMILES string of the molecule is C[C@H](O)CNCCC(=O)N1CCCC1. The quantitative estimate of drug-likeness (QED) is 0.613. The van der Waals surface area contributed by atoms with Gasteiger partial charge in [-0.3, -0.25) is 4.79 Å². The molecule has 1 saturated heterocycles. The van der Waals surface area contributed by atoms with Gasteiger partial charge in [0.25, 0.3) is 0 Å². The fourth-order valence-electron chi connectivity index (χ4n) is 1.63. The Hall–Kier alpha value is -0.610. The Kier molecular flexibility index (Phi) is 4.90. The summed E-state index contributed by atoms with van der Waals surface area (Å²) < 4.78 is 0. The fraction of sp³-hybridized carbons (Fsp3) is 0.900. The smallest absolute Gasteiger partial charge is 0.223 e. The van der Waals surface area contributed by atoms with Crippen LogP contribution in [0.2, 0.25) is 0 Å². The van der Waals surface area contributed by atoms with Crippen molar-refractivity contribution in [1.82, 2.24) is 10.2 Å². The van der Waals surface area contributed by atoms with E-state index in [2.05, 4.69) is 5.32 Å². The number of aliphatic hydroxyl groups excluding tert-OH is 1. The van der Waals surface area contributed by atoms with E-state index < -0.39 is 0 Å². The van der Waals surface area contributed by atoms with Crippen LogP contribution >= 0.6 is 0 Å². The summed E-state index contributed by atoms with van der Waals surface area (Å²) in [6, 6.07) is 0. The number of aliphatic hydroxyl groups is 1. The second-order valence-electron chi connectivity index (χ2n) is 3.89. The maximum Gasteiger partial charge on any atom is 0.223 e. The van der Waals surface area contributed by atoms with Crippen molar-refractivity contribution in [2.45, 2.75) is 32.3 Å². The van der Waals surface area contributed by atoms with Crippen molar-refractivity contribution in [2.75, 3.05) is 26.2 Å². The molecule has 14 heavy (non-hydrogen) atoms. The second-order valence-corrected chi connectivity index (χ2v) is 3.89. The molecule has 1 aliphatic rings. The molecule has 1 heterocycles. The van der Waals surface area contributed by atoms with E-state index in [-0.39, 0.29) is 12.0 Å². The Morgan fingerprint density at radius 3 is 2.71 bits per heavy atom. The summed E-state index contributed by atoms with van der Waals surface area (Å²) in [5, 5.41) is 12.0. The number of likely N-dealkylation sites (tertiary alicyclic amines) is 1. The van der Waals surface area contributed by atoms with Crippen LogP contribution in [0.4, 0.5) is 0 Å². The van der Waals surface area contributed by atoms with Crippen LogP contribution in [0.15, 0.2) is 0 Å². The van der Waals surface area contributed by atoms with Crippen LogP contribution in [-0.4, -0.2) is 48.2 Å². The van der Waals surface area contributed by atoms with Gasteiger partial charge in [-0.05, 0) is 19.8 Å². The van der Waals surface area contributed by atoms with Gasteiger partial charge in [0.05, 0.1) is 6.10 Å². The standard InChI is InChI=1S/C10H20N2O2/c1-9(13)8-11-5-4-10(14)12-6-2-3-7-12/h9,11,13H,2-8H2,1H3/t9-/m0/s1. The highest BCUT2D eigenvalue weighted by Gasteiger charge is 2.16. The van der Waals surface area contributed by atoms with Crippen molar-refractivity contribution in [3.63, 3.8) is 0 Å². The average Bonchev–Trinajstić information content (AvgIpc) is 2.64. The molecule has 0 saturated carbocycles. The normalized spacial score (nSPS) is 18.6. The molecule has 0 aromatic heterocycles. The van der Waals surface area contributed by atoms with E-state index in [1.54, 1.807) is 6.92 Å². The first-order valence-corrected chi connectivity index (χ1v) is 5.36. The number of rotatable bonds is 5. The zero-order chi connectivity index (χ0) is 10.4. The van der Waals surface area contributed by atoms with Gasteiger partial charge in [-0.25, -0.2) is 0 Å². The van der Waals surface area contributed by atoms with Crippen LogP contribution in [0.3, 0.4) is 0 Å². The predicted molar refractivity (Wildman–Crippen MR) is 55.0 cm³/mol. The zero-order valence-corrected chi connectivity index (χ0v) is 8.83. The van der Waals surface area contributed by atoms with E-state index in [9.17, 15) is 4.79 Å². The first-order valence-electron chi connectivity index (χ1n) is 5.36. The third-order valence-corrected chi connectivity index (χ3v) is 2.41. The minimum absolute atomic E-state index is 0.237. The molecular formula is C10H20N2O2. The summed E-state index contributed by atoms with van der Waals surface area (Å²) in [5.41, 5.74) is 0. The van der Waals surface area contributed by atoms with Crippen LogP contribution in [0.5, 0.6) is 0 Å². The second kappa shape index (κ2) is 5.98. The number of nitrogens with zero attached hydrogens (tertiary/aromatic N) is 1. The molecule has 0 aromatic rings. The van der Waals surface area contributed by atoms with Crippen LogP contribution < -0.4 is 5.32 Å². The highest BCUT2D eigenvalue weighted by Crippen LogP contribution is 2.08. The van der Waals surface area contributed by atoms with Gasteiger partial charge in [0, 0.05) is 32.6 Å². The van der Waals surface area contributed by atoms with Crippen molar-refractivity contribution in [2.24, 2.45) is 0 Å². The van der Waals surface area contributed by atoms with Gasteiger partial charge in [0.2, 0.25) is 5.91 Å². The van der Waals surface area contributed by atoms with Gasteiger partial charge in [-0.15, -0.1) is 0 Å². The lowest BCUT2D eigenvalue weighted by Crippen LogP contribution is -2.32. The Bertz CT molecular complexity index is 177. The lowest BCUT2D eigenvalue weighted by atomic mass is 10.3. The first-order chi connectivity index (χ1) is 6.70. The van der Waals surface area contributed by atoms with Crippen LogP contribution in [-0.2, 0) is 4.79 Å². The van der Waals surface area contributed by atoms with Gasteiger partial charge in [-0.2, -0.15) is 0 Å². The molecule has 4 nitrogen and oxygen atoms in total. The largest absolute Gasteiger partial charge is 0.392 e. The van der Waals surface area contributed by atoms with E-state index in [0.717, 1.165) is 25.9 Å². The maximum absolute atomic E-state index is 11.5. The Balaban J connectivity index is 2.03. The van der Waals surface area contributed by atoms with Gasteiger partial charge >= 0.3 is 0 Å². The van der Waals surface area contributed by atoms with Crippen LogP contribution in [0, 0.1) is 0 Å². The fourth-order valence-corrected chi connectivity index (χ4v) is 1.63. The van der Waals surface area contributed by atoms with Gasteiger partial charge in [-0.1, -0.05) is 0 Å². The van der Waals surface area contributed by atoms with Crippen molar-refractivity contribution in [3.8, 4) is 0 Å². The molecule has 0 aliphatic carbocycles. The highest BCUT2D eigenvalue weighted by molar-refractivity contribution is 5.76. The third-order valence-electron chi connectivity index (χ3n) is 2.41. The molecule has 0 spiro atoms. The van der Waals surface area contributed by atoms with E-state index in [1.165, 1.54) is 0 Å². The molecule has 4 heteroatoms. The van der Waals surface area contributed by atoms with Crippen molar-refractivity contribution < 1.29 is 9.90 Å². The Labute approximate surface area is 85.3 Å². The van der Waals surface area contributed by atoms with Gasteiger partial charge in [0.1, 0.15) is 0 Å². The molecular weight excluding hydrogens is 180 g/mol. The summed E-state index contributed by atoms with van der Waals surface area (Å²) in [6.07, 6.45) is 2.50. The predicted octanol–water partition coefficient (Wildman–Crippen LogP) is -0.0307. The van der Waals surface area contributed by atoms with Crippen LogP contribution in [0.1, 0.15) is 26.2 Å². The monoisotopic (exact) mass is 200 g/mol. The van der Waals surface area contributed by atoms with E-state index in [4.69, 9.17) is 5.11 Å². The van der Waals surface area contributed by atoms with E-state index >= 15 is 0 Å². The zero-order valence-electron chi connectivity index (χ0n) is 8.83.